The highest BCUT2D eigenvalue weighted by atomic mass is 35.5. The number of hydrogen-bond acceptors (Lipinski definition) is 5. The molecule has 0 bridgehead atoms. The largest absolute Gasteiger partial charge is 0.479 e. The molecule has 1 amide bonds. The number of amides is 1. The lowest BCUT2D eigenvalue weighted by Crippen LogP contribution is -2.45. The van der Waals surface area contributed by atoms with Crippen LogP contribution < -0.4 is 9.64 Å². The van der Waals surface area contributed by atoms with Crippen LogP contribution in [0.5, 0.6) is 5.75 Å². The van der Waals surface area contributed by atoms with Gasteiger partial charge in [-0.2, -0.15) is 0 Å². The molecule has 3 rings (SSSR count). The van der Waals surface area contributed by atoms with Crippen LogP contribution in [0.1, 0.15) is 23.7 Å². The molecular formula is C20H18ClNO5. The van der Waals surface area contributed by atoms with Crippen LogP contribution in [0, 0.1) is 0 Å². The SMILES string of the molecule is CC1Oc2ccccc2N(CCC(=O)OCC(=O)c2ccc(Cl)cc2)C1=O. The Morgan fingerprint density at radius 1 is 1.15 bits per heavy atom. The Morgan fingerprint density at radius 2 is 1.85 bits per heavy atom. The van der Waals surface area contributed by atoms with E-state index >= 15 is 0 Å². The van der Waals surface area contributed by atoms with E-state index in [1.54, 1.807) is 49.4 Å². The molecule has 140 valence electrons. The van der Waals surface area contributed by atoms with Gasteiger partial charge in [-0.15, -0.1) is 0 Å². The Morgan fingerprint density at radius 3 is 2.59 bits per heavy atom. The first-order valence-electron chi connectivity index (χ1n) is 8.47. The van der Waals surface area contributed by atoms with Crippen LogP contribution in [0.25, 0.3) is 0 Å². The third kappa shape index (κ3) is 4.46. The first kappa shape index (κ1) is 18.9. The topological polar surface area (TPSA) is 72.9 Å². The maximum atomic E-state index is 12.4. The summed E-state index contributed by atoms with van der Waals surface area (Å²) in [6.07, 6.45) is -0.650. The number of carbonyl (C=O) groups is 3. The van der Waals surface area contributed by atoms with Gasteiger partial charge < -0.3 is 14.4 Å². The zero-order valence-corrected chi connectivity index (χ0v) is 15.4. The molecule has 2 aromatic rings. The summed E-state index contributed by atoms with van der Waals surface area (Å²) in [5.74, 6) is -0.502. The van der Waals surface area contributed by atoms with Crippen molar-refractivity contribution in [3.8, 4) is 5.75 Å². The molecule has 0 aliphatic carbocycles. The summed E-state index contributed by atoms with van der Waals surface area (Å²) in [6, 6.07) is 13.5. The predicted molar refractivity (Wildman–Crippen MR) is 100 cm³/mol. The number of benzene rings is 2. The van der Waals surface area contributed by atoms with Gasteiger partial charge in [-0.25, -0.2) is 0 Å². The van der Waals surface area contributed by atoms with Crippen molar-refractivity contribution in [1.29, 1.82) is 0 Å². The molecule has 1 heterocycles. The van der Waals surface area contributed by atoms with E-state index in [4.69, 9.17) is 21.1 Å². The lowest BCUT2D eigenvalue weighted by molar-refractivity contribution is -0.142. The van der Waals surface area contributed by atoms with Gasteiger partial charge in [0, 0.05) is 17.1 Å². The Bertz CT molecular complexity index is 865. The van der Waals surface area contributed by atoms with Crippen LogP contribution in [0.3, 0.4) is 0 Å². The third-order valence-corrected chi connectivity index (χ3v) is 4.40. The van der Waals surface area contributed by atoms with Gasteiger partial charge in [0.25, 0.3) is 5.91 Å². The number of nitrogens with zero attached hydrogens (tertiary/aromatic N) is 1. The quantitative estimate of drug-likeness (QED) is 0.562. The van der Waals surface area contributed by atoms with Gasteiger partial charge >= 0.3 is 5.97 Å². The van der Waals surface area contributed by atoms with Crippen molar-refractivity contribution in [3.63, 3.8) is 0 Å². The zero-order chi connectivity index (χ0) is 19.4. The van der Waals surface area contributed by atoms with Crippen LogP contribution in [-0.2, 0) is 14.3 Å². The number of fused-ring (bicyclic) bond motifs is 1. The van der Waals surface area contributed by atoms with Gasteiger partial charge in [0.1, 0.15) is 5.75 Å². The molecule has 0 fully saturated rings. The predicted octanol–water partition coefficient (Wildman–Crippen LogP) is 3.27. The summed E-state index contributed by atoms with van der Waals surface area (Å²) in [5.41, 5.74) is 1.03. The molecule has 1 atom stereocenters. The van der Waals surface area contributed by atoms with Crippen LogP contribution in [-0.4, -0.2) is 36.9 Å². The van der Waals surface area contributed by atoms with Crippen LogP contribution in [0.4, 0.5) is 5.69 Å². The fourth-order valence-electron chi connectivity index (χ4n) is 2.73. The van der Waals surface area contributed by atoms with E-state index < -0.39 is 12.1 Å². The van der Waals surface area contributed by atoms with Crippen molar-refractivity contribution in [2.75, 3.05) is 18.1 Å². The number of esters is 1. The fraction of sp³-hybridized carbons (Fsp3) is 0.250. The van der Waals surface area contributed by atoms with Crippen molar-refractivity contribution < 1.29 is 23.9 Å². The monoisotopic (exact) mass is 387 g/mol. The van der Waals surface area contributed by atoms with Crippen molar-refractivity contribution >= 4 is 34.9 Å². The second-order valence-electron chi connectivity index (χ2n) is 6.06. The summed E-state index contributed by atoms with van der Waals surface area (Å²) in [4.78, 5) is 37.9. The maximum Gasteiger partial charge on any atom is 0.308 e. The second-order valence-corrected chi connectivity index (χ2v) is 6.49. The number of ether oxygens (including phenoxy) is 2. The Kier molecular flexibility index (Phi) is 5.76. The highest BCUT2D eigenvalue weighted by molar-refractivity contribution is 6.30. The first-order valence-corrected chi connectivity index (χ1v) is 8.85. The van der Waals surface area contributed by atoms with Crippen molar-refractivity contribution in [1.82, 2.24) is 0 Å². The van der Waals surface area contributed by atoms with Crippen molar-refractivity contribution in [2.45, 2.75) is 19.4 Å². The standard InChI is InChI=1S/C20H18ClNO5/c1-13-20(25)22(16-4-2-3-5-18(16)27-13)11-10-19(24)26-12-17(23)14-6-8-15(21)9-7-14/h2-9,13H,10-12H2,1H3. The van der Waals surface area contributed by atoms with Crippen molar-refractivity contribution in [2.24, 2.45) is 0 Å². The minimum absolute atomic E-state index is 0.0271. The van der Waals surface area contributed by atoms with E-state index in [1.165, 1.54) is 4.90 Å². The molecule has 1 aliphatic rings. The summed E-state index contributed by atoms with van der Waals surface area (Å²) < 4.78 is 10.6. The normalized spacial score (nSPS) is 15.7. The minimum atomic E-state index is -0.623. The van der Waals surface area contributed by atoms with E-state index in [1.807, 2.05) is 6.07 Å². The summed E-state index contributed by atoms with van der Waals surface area (Å²) in [7, 11) is 0. The molecule has 0 radical (unpaired) electrons. The molecule has 27 heavy (non-hydrogen) atoms. The smallest absolute Gasteiger partial charge is 0.308 e. The number of ketones is 1. The van der Waals surface area contributed by atoms with E-state index in [0.717, 1.165) is 0 Å². The van der Waals surface area contributed by atoms with Crippen molar-refractivity contribution in [3.05, 3.63) is 59.1 Å². The Balaban J connectivity index is 1.55. The van der Waals surface area contributed by atoms with Crippen LogP contribution in [0.2, 0.25) is 5.02 Å². The average Bonchev–Trinajstić information content (AvgIpc) is 2.67. The third-order valence-electron chi connectivity index (χ3n) is 4.14. The molecule has 0 N–H and O–H groups in total. The number of rotatable bonds is 6. The second kappa shape index (κ2) is 8.22. The van der Waals surface area contributed by atoms with Gasteiger partial charge in [0.2, 0.25) is 0 Å². The van der Waals surface area contributed by atoms with Gasteiger partial charge in [-0.1, -0.05) is 23.7 Å². The number of para-hydroxylation sites is 2. The molecular weight excluding hydrogens is 370 g/mol. The van der Waals surface area contributed by atoms with Crippen LogP contribution in [0.15, 0.2) is 48.5 Å². The van der Waals surface area contributed by atoms with E-state index in [0.29, 0.717) is 22.0 Å². The lowest BCUT2D eigenvalue weighted by atomic mass is 10.1. The highest BCUT2D eigenvalue weighted by Gasteiger charge is 2.31. The maximum absolute atomic E-state index is 12.4. The van der Waals surface area contributed by atoms with Gasteiger partial charge in [0.05, 0.1) is 12.1 Å². The first-order chi connectivity index (χ1) is 13.0. The van der Waals surface area contributed by atoms with Gasteiger partial charge in [0.15, 0.2) is 18.5 Å². The molecule has 0 saturated heterocycles. The summed E-state index contributed by atoms with van der Waals surface area (Å²) >= 11 is 5.78. The molecule has 0 saturated carbocycles. The van der Waals surface area contributed by atoms with Gasteiger partial charge in [-0.05, 0) is 43.3 Å². The Hall–Kier alpha value is -2.86. The fourth-order valence-corrected chi connectivity index (χ4v) is 2.86. The van der Waals surface area contributed by atoms with Gasteiger partial charge in [-0.3, -0.25) is 14.4 Å². The number of halogens is 1. The zero-order valence-electron chi connectivity index (χ0n) is 14.7. The molecule has 1 unspecified atom stereocenters. The minimum Gasteiger partial charge on any atom is -0.479 e. The molecule has 6 nitrogen and oxygen atoms in total. The molecule has 7 heteroatoms. The lowest BCUT2D eigenvalue weighted by Gasteiger charge is -2.32. The summed E-state index contributed by atoms with van der Waals surface area (Å²) in [6.45, 7) is 1.45. The molecule has 1 aliphatic heterocycles. The summed E-state index contributed by atoms with van der Waals surface area (Å²) in [5, 5.41) is 0.522. The van der Waals surface area contributed by atoms with E-state index in [2.05, 4.69) is 0 Å². The number of hydrogen-bond donors (Lipinski definition) is 0. The number of Topliss-reactive ketones (excluding diaryl/α,β-unsaturated/α-hetero) is 1. The van der Waals surface area contributed by atoms with E-state index in [-0.39, 0.29) is 31.3 Å². The molecule has 2 aromatic carbocycles. The van der Waals surface area contributed by atoms with E-state index in [9.17, 15) is 14.4 Å². The molecule has 0 aromatic heterocycles. The van der Waals surface area contributed by atoms with Crippen LogP contribution >= 0.6 is 11.6 Å². The molecule has 0 spiro atoms. The Labute approximate surface area is 161 Å². The highest BCUT2D eigenvalue weighted by Crippen LogP contribution is 2.33. The number of anilines is 1. The number of carbonyl (C=O) groups excluding carboxylic acids is 3. The average molecular weight is 388 g/mol.